The number of carboxylic acid groups (broad SMARTS) is 1. The maximum absolute atomic E-state index is 13.6. The van der Waals surface area contributed by atoms with E-state index < -0.39 is 35.2 Å². The molecule has 0 saturated carbocycles. The number of aliphatic carboxylic acids is 1. The van der Waals surface area contributed by atoms with E-state index >= 15 is 0 Å². The van der Waals surface area contributed by atoms with Crippen LogP contribution >= 0.6 is 15.9 Å². The van der Waals surface area contributed by atoms with Gasteiger partial charge in [-0.1, -0.05) is 22.9 Å². The Morgan fingerprint density at radius 3 is 2.38 bits per heavy atom. The molecule has 2 N–H and O–H groups in total. The first kappa shape index (κ1) is 15.7. The molecule has 0 bridgehead atoms. The summed E-state index contributed by atoms with van der Waals surface area (Å²) in [6.07, 6.45) is 0. The molecule has 1 unspecified atom stereocenters. The largest absolute Gasteiger partial charge is 0.481 e. The first-order valence-electron chi connectivity index (χ1n) is 6.23. The van der Waals surface area contributed by atoms with Crippen molar-refractivity contribution in [3.05, 3.63) is 28.2 Å². The zero-order valence-corrected chi connectivity index (χ0v) is 12.7. The molecule has 1 aliphatic heterocycles. The van der Waals surface area contributed by atoms with Gasteiger partial charge in [0.25, 0.3) is 0 Å². The maximum atomic E-state index is 13.6. The van der Waals surface area contributed by atoms with Crippen molar-refractivity contribution >= 4 is 33.6 Å². The Labute approximate surface area is 128 Å². The lowest BCUT2D eigenvalue weighted by molar-refractivity contribution is -0.144. The molecule has 0 aliphatic carbocycles. The third-order valence-corrected chi connectivity index (χ3v) is 3.99. The molecular weight excluding hydrogens is 350 g/mol. The maximum Gasteiger partial charge on any atom is 0.322 e. The van der Waals surface area contributed by atoms with E-state index in [1.54, 1.807) is 6.92 Å². The van der Waals surface area contributed by atoms with Crippen molar-refractivity contribution in [2.24, 2.45) is 11.8 Å². The van der Waals surface area contributed by atoms with Crippen LogP contribution in [0.3, 0.4) is 0 Å². The Morgan fingerprint density at radius 2 is 1.90 bits per heavy atom. The van der Waals surface area contributed by atoms with Crippen LogP contribution in [0.4, 0.5) is 19.3 Å². The SMILES string of the molecule is CC(C(=O)O)C1CN(C(=O)Nc2c(F)cc(Br)cc2F)C1. The Hall–Kier alpha value is -1.70. The van der Waals surface area contributed by atoms with Crippen molar-refractivity contribution in [1.82, 2.24) is 4.90 Å². The molecule has 1 atom stereocenters. The molecule has 2 amide bonds. The number of carbonyl (C=O) groups is 2. The molecule has 1 fully saturated rings. The fraction of sp³-hybridized carbons (Fsp3) is 0.385. The van der Waals surface area contributed by atoms with Crippen LogP contribution in [0, 0.1) is 23.5 Å². The van der Waals surface area contributed by atoms with Crippen LogP contribution in [0.2, 0.25) is 0 Å². The van der Waals surface area contributed by atoms with Crippen molar-refractivity contribution in [2.75, 3.05) is 18.4 Å². The van der Waals surface area contributed by atoms with Gasteiger partial charge < -0.3 is 15.3 Å². The van der Waals surface area contributed by atoms with Crippen LogP contribution < -0.4 is 5.32 Å². The topological polar surface area (TPSA) is 69.6 Å². The Kier molecular flexibility index (Phi) is 4.46. The standard InChI is InChI=1S/C13H13BrF2N2O3/c1-6(12(19)20)7-4-18(5-7)13(21)17-11-9(15)2-8(14)3-10(11)16/h2-3,6-7H,4-5H2,1H3,(H,17,21)(H,19,20). The second kappa shape index (κ2) is 5.97. The summed E-state index contributed by atoms with van der Waals surface area (Å²) in [4.78, 5) is 24.0. The number of carboxylic acids is 1. The van der Waals surface area contributed by atoms with Crippen LogP contribution in [0.1, 0.15) is 6.92 Å². The van der Waals surface area contributed by atoms with Gasteiger partial charge in [0.1, 0.15) is 5.69 Å². The monoisotopic (exact) mass is 362 g/mol. The van der Waals surface area contributed by atoms with Gasteiger partial charge in [-0.05, 0) is 12.1 Å². The van der Waals surface area contributed by atoms with Crippen LogP contribution in [-0.4, -0.2) is 35.1 Å². The average molecular weight is 363 g/mol. The van der Waals surface area contributed by atoms with Crippen molar-refractivity contribution in [3.8, 4) is 0 Å². The fourth-order valence-electron chi connectivity index (χ4n) is 2.04. The molecule has 0 radical (unpaired) electrons. The highest BCUT2D eigenvalue weighted by atomic mass is 79.9. The third kappa shape index (κ3) is 3.31. The van der Waals surface area contributed by atoms with Gasteiger partial charge in [0.15, 0.2) is 11.6 Å². The molecule has 2 rings (SSSR count). The molecule has 21 heavy (non-hydrogen) atoms. The van der Waals surface area contributed by atoms with Crippen LogP contribution in [0.5, 0.6) is 0 Å². The summed E-state index contributed by atoms with van der Waals surface area (Å²) in [5.74, 6) is -3.40. The van der Waals surface area contributed by atoms with Crippen molar-refractivity contribution in [2.45, 2.75) is 6.92 Å². The Balaban J connectivity index is 1.97. The summed E-state index contributed by atoms with van der Waals surface area (Å²) < 4.78 is 27.4. The predicted octanol–water partition coefficient (Wildman–Crippen LogP) is 2.91. The minimum absolute atomic E-state index is 0.145. The van der Waals surface area contributed by atoms with Gasteiger partial charge in [-0.3, -0.25) is 4.79 Å². The summed E-state index contributed by atoms with van der Waals surface area (Å²) >= 11 is 2.95. The molecule has 1 saturated heterocycles. The van der Waals surface area contributed by atoms with Crippen LogP contribution in [0.15, 0.2) is 16.6 Å². The lowest BCUT2D eigenvalue weighted by Crippen LogP contribution is -2.54. The van der Waals surface area contributed by atoms with E-state index in [0.717, 1.165) is 12.1 Å². The van der Waals surface area contributed by atoms with Gasteiger partial charge in [-0.2, -0.15) is 0 Å². The molecule has 0 spiro atoms. The predicted molar refractivity (Wildman–Crippen MR) is 74.9 cm³/mol. The van der Waals surface area contributed by atoms with E-state index in [-0.39, 0.29) is 23.5 Å². The van der Waals surface area contributed by atoms with E-state index in [2.05, 4.69) is 21.2 Å². The molecule has 1 aromatic carbocycles. The first-order valence-corrected chi connectivity index (χ1v) is 7.02. The van der Waals surface area contributed by atoms with Gasteiger partial charge in [-0.25, -0.2) is 13.6 Å². The third-order valence-electron chi connectivity index (χ3n) is 3.53. The lowest BCUT2D eigenvalue weighted by atomic mass is 9.87. The van der Waals surface area contributed by atoms with Gasteiger partial charge >= 0.3 is 12.0 Å². The number of likely N-dealkylation sites (tertiary alicyclic amines) is 1. The number of hydrogen-bond acceptors (Lipinski definition) is 2. The minimum atomic E-state index is -0.926. The fourth-order valence-corrected chi connectivity index (χ4v) is 2.45. The number of hydrogen-bond donors (Lipinski definition) is 2. The number of amides is 2. The molecule has 0 aromatic heterocycles. The minimum Gasteiger partial charge on any atom is -0.481 e. The second-order valence-corrected chi connectivity index (χ2v) is 5.88. The van der Waals surface area contributed by atoms with E-state index in [1.165, 1.54) is 4.90 Å². The quantitative estimate of drug-likeness (QED) is 0.868. The number of nitrogens with one attached hydrogen (secondary N) is 1. The first-order chi connectivity index (χ1) is 9.79. The number of urea groups is 1. The molecular formula is C13H13BrF2N2O3. The highest BCUT2D eigenvalue weighted by molar-refractivity contribution is 9.10. The Morgan fingerprint density at radius 1 is 1.38 bits per heavy atom. The van der Waals surface area contributed by atoms with Crippen molar-refractivity contribution in [3.63, 3.8) is 0 Å². The van der Waals surface area contributed by atoms with Gasteiger partial charge in [0.2, 0.25) is 0 Å². The number of rotatable bonds is 3. The molecule has 1 heterocycles. The van der Waals surface area contributed by atoms with Crippen molar-refractivity contribution < 1.29 is 23.5 Å². The highest BCUT2D eigenvalue weighted by Gasteiger charge is 2.37. The van der Waals surface area contributed by atoms with E-state index in [0.29, 0.717) is 0 Å². The number of benzene rings is 1. The molecule has 1 aromatic rings. The molecule has 8 heteroatoms. The summed E-state index contributed by atoms with van der Waals surface area (Å²) in [5.41, 5.74) is -0.516. The van der Waals surface area contributed by atoms with Crippen molar-refractivity contribution in [1.29, 1.82) is 0 Å². The molecule has 1 aliphatic rings. The summed E-state index contributed by atoms with van der Waals surface area (Å²) in [5, 5.41) is 11.0. The zero-order chi connectivity index (χ0) is 15.7. The lowest BCUT2D eigenvalue weighted by Gasteiger charge is -2.41. The van der Waals surface area contributed by atoms with E-state index in [1.807, 2.05) is 0 Å². The number of anilines is 1. The van der Waals surface area contributed by atoms with E-state index in [9.17, 15) is 18.4 Å². The van der Waals surface area contributed by atoms with Gasteiger partial charge in [0.05, 0.1) is 5.92 Å². The van der Waals surface area contributed by atoms with Crippen LogP contribution in [-0.2, 0) is 4.79 Å². The summed E-state index contributed by atoms with van der Waals surface area (Å²) in [7, 11) is 0. The van der Waals surface area contributed by atoms with Crippen LogP contribution in [0.25, 0.3) is 0 Å². The Bertz CT molecular complexity index is 568. The average Bonchev–Trinajstić information content (AvgIpc) is 2.31. The molecule has 5 nitrogen and oxygen atoms in total. The zero-order valence-electron chi connectivity index (χ0n) is 11.1. The highest BCUT2D eigenvalue weighted by Crippen LogP contribution is 2.27. The normalized spacial score (nSPS) is 16.3. The summed E-state index contributed by atoms with van der Waals surface area (Å²) in [6, 6.07) is 1.44. The number of halogens is 3. The number of carbonyl (C=O) groups excluding carboxylic acids is 1. The number of nitrogens with zero attached hydrogens (tertiary/aromatic N) is 1. The van der Waals surface area contributed by atoms with E-state index in [4.69, 9.17) is 5.11 Å². The molecule has 114 valence electrons. The smallest absolute Gasteiger partial charge is 0.322 e. The summed E-state index contributed by atoms with van der Waals surface area (Å²) in [6.45, 7) is 2.06. The second-order valence-electron chi connectivity index (χ2n) is 4.97. The van der Waals surface area contributed by atoms with Gasteiger partial charge in [-0.15, -0.1) is 0 Å². The van der Waals surface area contributed by atoms with Gasteiger partial charge in [0, 0.05) is 23.5 Å².